The average molecular weight is 553 g/mol. The SMILES string of the molecule is [2H]c1c([2H])c([2H])c2c([2H])c3c(oc4cccc(-c5c6ccccc6c(-c6cccc(-c7ccccc7)c6)c6ccccc56)c43)c([2H])c2c1[2H]. The zero-order chi connectivity index (χ0) is 33.6. The topological polar surface area (TPSA) is 13.1 Å². The lowest BCUT2D eigenvalue weighted by molar-refractivity contribution is 0.669. The van der Waals surface area contributed by atoms with E-state index >= 15 is 0 Å². The molecular formula is C42H26O. The van der Waals surface area contributed by atoms with E-state index in [0.717, 1.165) is 54.9 Å². The molecule has 1 heterocycles. The summed E-state index contributed by atoms with van der Waals surface area (Å²) in [7, 11) is 0. The van der Waals surface area contributed by atoms with Gasteiger partial charge in [0.2, 0.25) is 0 Å². The molecule has 1 heteroatoms. The predicted octanol–water partition coefficient (Wildman–Crippen LogP) is 12.0. The number of hydrogen-bond acceptors (Lipinski definition) is 1. The standard InChI is InChI=1S/C42H26O/c1-2-12-27(13-3-1)28-16-10-17-31(24-28)40-32-18-6-8-20-34(32)41(35-21-9-7-19-33(35)40)36-22-11-23-38-42(36)37-25-29-14-4-5-15-30(29)26-39(37)43-38/h1-26H/i4D,5D,14D,15D,25D,26D. The minimum Gasteiger partial charge on any atom is -0.456 e. The molecule has 9 rings (SSSR count). The number of fused-ring (bicyclic) bond motifs is 6. The lowest BCUT2D eigenvalue weighted by Gasteiger charge is -2.18. The highest BCUT2D eigenvalue weighted by Crippen LogP contribution is 2.47. The van der Waals surface area contributed by atoms with Crippen LogP contribution in [0.2, 0.25) is 0 Å². The zero-order valence-electron chi connectivity index (χ0n) is 29.0. The monoisotopic (exact) mass is 552 g/mol. The van der Waals surface area contributed by atoms with Gasteiger partial charge in [0.1, 0.15) is 11.2 Å². The Kier molecular flexibility index (Phi) is 4.11. The summed E-state index contributed by atoms with van der Waals surface area (Å²) in [4.78, 5) is 0. The third-order valence-electron chi connectivity index (χ3n) is 8.35. The van der Waals surface area contributed by atoms with Gasteiger partial charge in [0.25, 0.3) is 0 Å². The second-order valence-corrected chi connectivity index (χ2v) is 10.8. The van der Waals surface area contributed by atoms with Crippen LogP contribution in [0.1, 0.15) is 8.22 Å². The highest BCUT2D eigenvalue weighted by molar-refractivity contribution is 6.26. The quantitative estimate of drug-likeness (QED) is 0.199. The van der Waals surface area contributed by atoms with E-state index in [0.29, 0.717) is 16.4 Å². The first kappa shape index (κ1) is 18.7. The summed E-state index contributed by atoms with van der Waals surface area (Å²) >= 11 is 0. The molecule has 0 amide bonds. The summed E-state index contributed by atoms with van der Waals surface area (Å²) in [6.45, 7) is 0. The molecule has 0 saturated heterocycles. The third-order valence-corrected chi connectivity index (χ3v) is 8.35. The van der Waals surface area contributed by atoms with Crippen molar-refractivity contribution in [1.82, 2.24) is 0 Å². The minimum absolute atomic E-state index is 0.0120. The normalized spacial score (nSPS) is 13.7. The maximum Gasteiger partial charge on any atom is 0.136 e. The first-order valence-electron chi connectivity index (χ1n) is 17.3. The summed E-state index contributed by atoms with van der Waals surface area (Å²) in [5, 5.41) is 5.18. The second-order valence-electron chi connectivity index (χ2n) is 10.8. The van der Waals surface area contributed by atoms with E-state index in [1.165, 1.54) is 0 Å². The van der Waals surface area contributed by atoms with Gasteiger partial charge in [-0.1, -0.05) is 133 Å². The van der Waals surface area contributed by atoms with Gasteiger partial charge in [-0.05, 0) is 89.9 Å². The van der Waals surface area contributed by atoms with Crippen LogP contribution in [0.15, 0.2) is 162 Å². The largest absolute Gasteiger partial charge is 0.456 e. The molecular weight excluding hydrogens is 520 g/mol. The maximum absolute atomic E-state index is 9.36. The van der Waals surface area contributed by atoms with Gasteiger partial charge < -0.3 is 4.42 Å². The van der Waals surface area contributed by atoms with E-state index in [4.69, 9.17) is 11.3 Å². The Balaban J connectivity index is 1.42. The van der Waals surface area contributed by atoms with Gasteiger partial charge in [0.05, 0.1) is 8.22 Å². The Morgan fingerprint density at radius 1 is 0.442 bits per heavy atom. The molecule has 0 atom stereocenters. The highest BCUT2D eigenvalue weighted by Gasteiger charge is 2.20. The molecule has 200 valence electrons. The molecule has 1 nitrogen and oxygen atoms in total. The maximum atomic E-state index is 9.36. The van der Waals surface area contributed by atoms with E-state index < -0.39 is 12.1 Å². The Labute approximate surface area is 257 Å². The van der Waals surface area contributed by atoms with Gasteiger partial charge in [0.15, 0.2) is 0 Å². The Morgan fingerprint density at radius 2 is 1.02 bits per heavy atom. The van der Waals surface area contributed by atoms with Crippen LogP contribution in [0, 0.1) is 0 Å². The molecule has 0 bridgehead atoms. The van der Waals surface area contributed by atoms with Gasteiger partial charge in [-0.3, -0.25) is 0 Å². The van der Waals surface area contributed by atoms with Crippen LogP contribution in [0.4, 0.5) is 0 Å². The molecule has 0 aliphatic rings. The molecule has 0 aliphatic heterocycles. The molecule has 0 fully saturated rings. The predicted molar refractivity (Wildman–Crippen MR) is 183 cm³/mol. The third kappa shape index (κ3) is 3.72. The molecule has 0 radical (unpaired) electrons. The fraction of sp³-hybridized carbons (Fsp3) is 0. The second kappa shape index (κ2) is 9.44. The highest BCUT2D eigenvalue weighted by atomic mass is 16.3. The van der Waals surface area contributed by atoms with Crippen LogP contribution in [-0.4, -0.2) is 0 Å². The van der Waals surface area contributed by atoms with Crippen LogP contribution in [0.3, 0.4) is 0 Å². The Bertz CT molecular complexity index is 2780. The molecule has 0 spiro atoms. The molecule has 1 aromatic heterocycles. The van der Waals surface area contributed by atoms with Crippen LogP contribution < -0.4 is 0 Å². The van der Waals surface area contributed by atoms with Crippen molar-refractivity contribution in [3.05, 3.63) is 158 Å². The van der Waals surface area contributed by atoms with Crippen molar-refractivity contribution < 1.29 is 12.6 Å². The summed E-state index contributed by atoms with van der Waals surface area (Å²) < 4.78 is 58.5. The first-order valence-corrected chi connectivity index (χ1v) is 14.3. The van der Waals surface area contributed by atoms with E-state index in [9.17, 15) is 1.37 Å². The molecule has 43 heavy (non-hydrogen) atoms. The Morgan fingerprint density at radius 3 is 1.74 bits per heavy atom. The fourth-order valence-electron chi connectivity index (χ4n) is 6.52. The van der Waals surface area contributed by atoms with Crippen LogP contribution in [0.5, 0.6) is 0 Å². The number of rotatable bonds is 3. The summed E-state index contributed by atoms with van der Waals surface area (Å²) in [5.74, 6) is 0. The van der Waals surface area contributed by atoms with Crippen molar-refractivity contribution in [3.63, 3.8) is 0 Å². The summed E-state index contributed by atoms with van der Waals surface area (Å²) in [6.07, 6.45) is 0. The lowest BCUT2D eigenvalue weighted by atomic mass is 9.84. The van der Waals surface area contributed by atoms with Gasteiger partial charge in [-0.25, -0.2) is 0 Å². The Hall–Kier alpha value is -5.66. The molecule has 0 N–H and O–H groups in total. The van der Waals surface area contributed by atoms with Crippen molar-refractivity contribution >= 4 is 54.3 Å². The van der Waals surface area contributed by atoms with Crippen molar-refractivity contribution in [2.24, 2.45) is 0 Å². The minimum atomic E-state index is -0.436. The van der Waals surface area contributed by atoms with Gasteiger partial charge in [-0.2, -0.15) is 0 Å². The van der Waals surface area contributed by atoms with Crippen molar-refractivity contribution in [2.75, 3.05) is 0 Å². The van der Waals surface area contributed by atoms with E-state index in [-0.39, 0.29) is 40.5 Å². The molecule has 9 aromatic rings. The zero-order valence-corrected chi connectivity index (χ0v) is 23.0. The van der Waals surface area contributed by atoms with Crippen molar-refractivity contribution in [3.8, 4) is 33.4 Å². The first-order chi connectivity index (χ1) is 23.8. The molecule has 0 saturated carbocycles. The van der Waals surface area contributed by atoms with E-state index in [2.05, 4.69) is 60.7 Å². The summed E-state index contributed by atoms with van der Waals surface area (Å²) in [6, 6.07) is 39.6. The van der Waals surface area contributed by atoms with Crippen LogP contribution in [-0.2, 0) is 0 Å². The average Bonchev–Trinajstić information content (AvgIpc) is 3.55. The van der Waals surface area contributed by atoms with E-state index in [1.807, 2.05) is 60.7 Å². The number of benzene rings is 8. The molecule has 0 aliphatic carbocycles. The molecule has 8 aromatic carbocycles. The van der Waals surface area contributed by atoms with Gasteiger partial charge in [-0.15, -0.1) is 0 Å². The fourth-order valence-corrected chi connectivity index (χ4v) is 6.52. The number of hydrogen-bond donors (Lipinski definition) is 0. The number of furan rings is 1. The van der Waals surface area contributed by atoms with Gasteiger partial charge in [0, 0.05) is 10.8 Å². The van der Waals surface area contributed by atoms with E-state index in [1.54, 1.807) is 0 Å². The van der Waals surface area contributed by atoms with Gasteiger partial charge >= 0.3 is 0 Å². The van der Waals surface area contributed by atoms with Crippen molar-refractivity contribution in [2.45, 2.75) is 0 Å². The van der Waals surface area contributed by atoms with Crippen LogP contribution in [0.25, 0.3) is 87.6 Å². The van der Waals surface area contributed by atoms with Crippen LogP contribution >= 0.6 is 0 Å². The summed E-state index contributed by atoms with van der Waals surface area (Å²) in [5.41, 5.74) is 6.88. The van der Waals surface area contributed by atoms with Crippen molar-refractivity contribution in [1.29, 1.82) is 0 Å². The lowest BCUT2D eigenvalue weighted by Crippen LogP contribution is -1.91. The molecule has 0 unspecified atom stereocenters. The smallest absolute Gasteiger partial charge is 0.136 e.